The molecular weight excluding hydrogens is 328 g/mol. The smallest absolute Gasteiger partial charge is 0.256 e. The van der Waals surface area contributed by atoms with Gasteiger partial charge in [0.1, 0.15) is 18.0 Å². The summed E-state index contributed by atoms with van der Waals surface area (Å²) in [4.78, 5) is 14.8. The lowest BCUT2D eigenvalue weighted by Crippen LogP contribution is -2.40. The standard InChI is InChI=1S/C21H34N2O3/c1-5-14-26-21(3,4)20(24)22-18-8-10-19(11-9-18)25-15-13-23-12-6-7-17(2)16-23/h8-11,17H,5-7,12-16H2,1-4H3,(H,22,24). The summed E-state index contributed by atoms with van der Waals surface area (Å²) in [5, 5.41) is 2.90. The van der Waals surface area contributed by atoms with E-state index >= 15 is 0 Å². The molecule has 1 atom stereocenters. The Kier molecular flexibility index (Phi) is 7.91. The topological polar surface area (TPSA) is 50.8 Å². The minimum Gasteiger partial charge on any atom is -0.492 e. The van der Waals surface area contributed by atoms with Crippen molar-refractivity contribution >= 4 is 11.6 Å². The van der Waals surface area contributed by atoms with Crippen LogP contribution in [0.2, 0.25) is 0 Å². The first-order valence-corrected chi connectivity index (χ1v) is 9.81. The number of nitrogens with one attached hydrogen (secondary N) is 1. The Bertz CT molecular complexity index is 557. The minimum absolute atomic E-state index is 0.140. The summed E-state index contributed by atoms with van der Waals surface area (Å²) in [7, 11) is 0. The van der Waals surface area contributed by atoms with Crippen molar-refractivity contribution < 1.29 is 14.3 Å². The molecule has 0 radical (unpaired) electrons. The van der Waals surface area contributed by atoms with Crippen LogP contribution in [-0.4, -0.2) is 49.3 Å². The molecule has 5 heteroatoms. The minimum atomic E-state index is -0.837. The van der Waals surface area contributed by atoms with E-state index in [9.17, 15) is 4.79 Å². The van der Waals surface area contributed by atoms with Gasteiger partial charge < -0.3 is 14.8 Å². The van der Waals surface area contributed by atoms with Gasteiger partial charge in [0, 0.05) is 25.4 Å². The van der Waals surface area contributed by atoms with Gasteiger partial charge in [0.25, 0.3) is 5.91 Å². The number of rotatable bonds is 9. The molecule has 0 bridgehead atoms. The molecule has 0 saturated carbocycles. The molecule has 26 heavy (non-hydrogen) atoms. The maximum Gasteiger partial charge on any atom is 0.256 e. The van der Waals surface area contributed by atoms with Gasteiger partial charge in [0.05, 0.1) is 0 Å². The lowest BCUT2D eigenvalue weighted by atomic mass is 10.0. The first kappa shape index (κ1) is 20.7. The number of carbonyl (C=O) groups excluding carboxylic acids is 1. The molecule has 1 aromatic carbocycles. The number of amides is 1. The molecule has 0 aliphatic carbocycles. The molecule has 1 saturated heterocycles. The quantitative estimate of drug-likeness (QED) is 0.723. The van der Waals surface area contributed by atoms with Gasteiger partial charge in [-0.3, -0.25) is 9.69 Å². The lowest BCUT2D eigenvalue weighted by Gasteiger charge is -2.30. The van der Waals surface area contributed by atoms with E-state index < -0.39 is 5.60 Å². The van der Waals surface area contributed by atoms with Crippen LogP contribution in [-0.2, 0) is 9.53 Å². The third-order valence-electron chi connectivity index (χ3n) is 4.74. The molecule has 1 aliphatic heterocycles. The Balaban J connectivity index is 1.76. The van der Waals surface area contributed by atoms with Crippen LogP contribution in [0.3, 0.4) is 0 Å². The SMILES string of the molecule is CCCOC(C)(C)C(=O)Nc1ccc(OCCN2CCCC(C)C2)cc1. The van der Waals surface area contributed by atoms with Crippen LogP contribution in [0, 0.1) is 5.92 Å². The molecule has 1 amide bonds. The van der Waals surface area contributed by atoms with Crippen LogP contribution >= 0.6 is 0 Å². The molecule has 2 rings (SSSR count). The lowest BCUT2D eigenvalue weighted by molar-refractivity contribution is -0.137. The van der Waals surface area contributed by atoms with Crippen LogP contribution in [0.1, 0.15) is 47.0 Å². The summed E-state index contributed by atoms with van der Waals surface area (Å²) < 4.78 is 11.5. The Hall–Kier alpha value is -1.59. The zero-order chi connectivity index (χ0) is 19.0. The fourth-order valence-corrected chi connectivity index (χ4v) is 3.12. The van der Waals surface area contributed by atoms with E-state index in [0.717, 1.165) is 30.3 Å². The van der Waals surface area contributed by atoms with Crippen molar-refractivity contribution in [1.29, 1.82) is 0 Å². The number of carbonyl (C=O) groups is 1. The second kappa shape index (κ2) is 9.93. The van der Waals surface area contributed by atoms with E-state index in [4.69, 9.17) is 9.47 Å². The predicted molar refractivity (Wildman–Crippen MR) is 106 cm³/mol. The van der Waals surface area contributed by atoms with E-state index in [0.29, 0.717) is 13.2 Å². The van der Waals surface area contributed by atoms with Crippen molar-refractivity contribution in [3.8, 4) is 5.75 Å². The maximum atomic E-state index is 12.3. The number of hydrogen-bond acceptors (Lipinski definition) is 4. The molecule has 1 heterocycles. The van der Waals surface area contributed by atoms with Crippen molar-refractivity contribution in [1.82, 2.24) is 4.90 Å². The number of likely N-dealkylation sites (tertiary alicyclic amines) is 1. The van der Waals surface area contributed by atoms with E-state index in [1.807, 2.05) is 31.2 Å². The largest absolute Gasteiger partial charge is 0.492 e. The van der Waals surface area contributed by atoms with Crippen LogP contribution in [0.5, 0.6) is 5.75 Å². The van der Waals surface area contributed by atoms with Crippen molar-refractivity contribution in [2.75, 3.05) is 38.2 Å². The summed E-state index contributed by atoms with van der Waals surface area (Å²) in [6.45, 7) is 12.5. The molecule has 1 N–H and O–H groups in total. The van der Waals surface area contributed by atoms with Crippen molar-refractivity contribution in [2.45, 2.75) is 52.6 Å². The highest BCUT2D eigenvalue weighted by Gasteiger charge is 2.28. The molecule has 0 spiro atoms. The molecule has 1 unspecified atom stereocenters. The van der Waals surface area contributed by atoms with Gasteiger partial charge in [0.2, 0.25) is 0 Å². The summed E-state index contributed by atoms with van der Waals surface area (Å²) >= 11 is 0. The Morgan fingerprint density at radius 3 is 2.65 bits per heavy atom. The highest BCUT2D eigenvalue weighted by atomic mass is 16.5. The fraction of sp³-hybridized carbons (Fsp3) is 0.667. The second-order valence-electron chi connectivity index (χ2n) is 7.73. The number of benzene rings is 1. The molecule has 146 valence electrons. The van der Waals surface area contributed by atoms with Gasteiger partial charge >= 0.3 is 0 Å². The molecule has 1 fully saturated rings. The molecule has 1 aromatic rings. The molecule has 5 nitrogen and oxygen atoms in total. The van der Waals surface area contributed by atoms with Crippen LogP contribution in [0.25, 0.3) is 0 Å². The summed E-state index contributed by atoms with van der Waals surface area (Å²) in [6, 6.07) is 7.53. The third-order valence-corrected chi connectivity index (χ3v) is 4.74. The molecule has 0 aromatic heterocycles. The van der Waals surface area contributed by atoms with Crippen molar-refractivity contribution in [3.05, 3.63) is 24.3 Å². The van der Waals surface area contributed by atoms with Crippen molar-refractivity contribution in [3.63, 3.8) is 0 Å². The first-order chi connectivity index (χ1) is 12.4. The van der Waals surface area contributed by atoms with Crippen LogP contribution < -0.4 is 10.1 Å². The van der Waals surface area contributed by atoms with E-state index in [2.05, 4.69) is 17.1 Å². The number of hydrogen-bond donors (Lipinski definition) is 1. The number of piperidine rings is 1. The first-order valence-electron chi connectivity index (χ1n) is 9.81. The monoisotopic (exact) mass is 362 g/mol. The predicted octanol–water partition coefficient (Wildman–Crippen LogP) is 3.94. The van der Waals surface area contributed by atoms with Gasteiger partial charge in [-0.25, -0.2) is 0 Å². The number of ether oxygens (including phenoxy) is 2. The van der Waals surface area contributed by atoms with Crippen LogP contribution in [0.15, 0.2) is 24.3 Å². The van der Waals surface area contributed by atoms with Gasteiger partial charge in [-0.05, 0) is 69.8 Å². The van der Waals surface area contributed by atoms with Gasteiger partial charge in [-0.2, -0.15) is 0 Å². The summed E-state index contributed by atoms with van der Waals surface area (Å²) in [5.74, 6) is 1.48. The average Bonchev–Trinajstić information content (AvgIpc) is 2.61. The highest BCUT2D eigenvalue weighted by molar-refractivity contribution is 5.96. The maximum absolute atomic E-state index is 12.3. The van der Waals surface area contributed by atoms with E-state index in [1.165, 1.54) is 25.9 Å². The van der Waals surface area contributed by atoms with Gasteiger partial charge in [-0.1, -0.05) is 13.8 Å². The Labute approximate surface area is 158 Å². The Morgan fingerprint density at radius 2 is 2.00 bits per heavy atom. The van der Waals surface area contributed by atoms with Crippen LogP contribution in [0.4, 0.5) is 5.69 Å². The zero-order valence-corrected chi connectivity index (χ0v) is 16.7. The molecule has 1 aliphatic rings. The number of nitrogens with zero attached hydrogens (tertiary/aromatic N) is 1. The Morgan fingerprint density at radius 1 is 1.27 bits per heavy atom. The van der Waals surface area contributed by atoms with Gasteiger partial charge in [-0.15, -0.1) is 0 Å². The highest BCUT2D eigenvalue weighted by Crippen LogP contribution is 2.19. The average molecular weight is 363 g/mol. The molecular formula is C21H34N2O3. The number of anilines is 1. The zero-order valence-electron chi connectivity index (χ0n) is 16.7. The van der Waals surface area contributed by atoms with Gasteiger partial charge in [0.15, 0.2) is 0 Å². The van der Waals surface area contributed by atoms with E-state index in [1.54, 1.807) is 13.8 Å². The second-order valence-corrected chi connectivity index (χ2v) is 7.73. The third kappa shape index (κ3) is 6.61. The normalized spacial score (nSPS) is 18.5. The summed E-state index contributed by atoms with van der Waals surface area (Å²) in [6.07, 6.45) is 3.51. The van der Waals surface area contributed by atoms with Crippen molar-refractivity contribution in [2.24, 2.45) is 5.92 Å². The van der Waals surface area contributed by atoms with E-state index in [-0.39, 0.29) is 5.91 Å². The fourth-order valence-electron chi connectivity index (χ4n) is 3.12. The summed E-state index contributed by atoms with van der Waals surface area (Å²) in [5.41, 5.74) is -0.0862.